The van der Waals surface area contributed by atoms with Crippen LogP contribution in [0.1, 0.15) is 22.8 Å². The number of hydrogen-bond acceptors (Lipinski definition) is 3. The van der Waals surface area contributed by atoms with Crippen LogP contribution >= 0.6 is 11.6 Å². The number of carboxylic acid groups (broad SMARTS) is 1. The number of benzene rings is 1. The van der Waals surface area contributed by atoms with Crippen LogP contribution in [0.5, 0.6) is 11.6 Å². The number of pyridine rings is 1. The molecule has 0 spiro atoms. The van der Waals surface area contributed by atoms with Gasteiger partial charge in [0.25, 0.3) is 0 Å². The van der Waals surface area contributed by atoms with Gasteiger partial charge < -0.3 is 9.84 Å². The Morgan fingerprint density at radius 3 is 2.89 bits per heavy atom. The molecule has 1 N–H and O–H groups in total. The lowest BCUT2D eigenvalue weighted by molar-refractivity contribution is 0.0696. The highest BCUT2D eigenvalue weighted by molar-refractivity contribution is 6.34. The molecule has 0 unspecified atom stereocenters. The predicted molar refractivity (Wildman–Crippen MR) is 72.1 cm³/mol. The van der Waals surface area contributed by atoms with Crippen molar-refractivity contribution in [3.8, 4) is 11.6 Å². The van der Waals surface area contributed by atoms with Crippen LogP contribution in [0.25, 0.3) is 0 Å². The first kappa shape index (κ1) is 13.4. The molecule has 19 heavy (non-hydrogen) atoms. The fraction of sp³-hybridized carbons (Fsp3) is 0.143. The maximum Gasteiger partial charge on any atom is 0.337 e. The number of ether oxygens (including phenoxy) is 1. The smallest absolute Gasteiger partial charge is 0.337 e. The van der Waals surface area contributed by atoms with Gasteiger partial charge in [-0.2, -0.15) is 0 Å². The van der Waals surface area contributed by atoms with Gasteiger partial charge in [0.2, 0.25) is 5.88 Å². The minimum Gasteiger partial charge on any atom is -0.478 e. The van der Waals surface area contributed by atoms with Gasteiger partial charge >= 0.3 is 5.97 Å². The molecule has 0 bridgehead atoms. The molecule has 0 saturated carbocycles. The van der Waals surface area contributed by atoms with E-state index in [4.69, 9.17) is 21.4 Å². The number of aryl methyl sites for hydroxylation is 1. The normalized spacial score (nSPS) is 10.2. The van der Waals surface area contributed by atoms with E-state index in [1.54, 1.807) is 6.07 Å². The minimum atomic E-state index is -1.11. The van der Waals surface area contributed by atoms with Crippen molar-refractivity contribution in [1.82, 2.24) is 4.98 Å². The monoisotopic (exact) mass is 277 g/mol. The number of carboxylic acids is 1. The maximum atomic E-state index is 11.0. The molecule has 98 valence electrons. The number of aromatic nitrogens is 1. The molecule has 0 aliphatic carbocycles. The van der Waals surface area contributed by atoms with Gasteiger partial charge in [-0.1, -0.05) is 30.7 Å². The highest BCUT2D eigenvalue weighted by Gasteiger charge is 2.14. The average molecular weight is 278 g/mol. The molecule has 0 aliphatic heterocycles. The summed E-state index contributed by atoms with van der Waals surface area (Å²) in [6.45, 7) is 2.04. The van der Waals surface area contributed by atoms with E-state index in [0.717, 1.165) is 12.0 Å². The van der Waals surface area contributed by atoms with Gasteiger partial charge in [-0.15, -0.1) is 0 Å². The molecule has 0 amide bonds. The van der Waals surface area contributed by atoms with Crippen molar-refractivity contribution in [2.45, 2.75) is 13.3 Å². The maximum absolute atomic E-state index is 11.0. The summed E-state index contributed by atoms with van der Waals surface area (Å²) >= 11 is 5.96. The fourth-order valence-corrected chi connectivity index (χ4v) is 1.83. The van der Waals surface area contributed by atoms with Crippen molar-refractivity contribution in [3.05, 3.63) is 52.7 Å². The summed E-state index contributed by atoms with van der Waals surface area (Å²) < 4.78 is 5.54. The molecule has 0 radical (unpaired) electrons. The zero-order chi connectivity index (χ0) is 13.8. The van der Waals surface area contributed by atoms with Gasteiger partial charge in [-0.25, -0.2) is 9.78 Å². The summed E-state index contributed by atoms with van der Waals surface area (Å²) in [7, 11) is 0. The van der Waals surface area contributed by atoms with Gasteiger partial charge in [-0.05, 0) is 30.2 Å². The number of nitrogens with zero attached hydrogens (tertiary/aromatic N) is 1. The van der Waals surface area contributed by atoms with Crippen LogP contribution in [0.3, 0.4) is 0 Å². The van der Waals surface area contributed by atoms with Crippen molar-refractivity contribution in [3.63, 3.8) is 0 Å². The van der Waals surface area contributed by atoms with Crippen molar-refractivity contribution < 1.29 is 14.6 Å². The summed E-state index contributed by atoms with van der Waals surface area (Å²) in [5, 5.41) is 8.97. The SMILES string of the molecule is CCc1cccc(Oc2nccc(C(=O)O)c2Cl)c1. The molecule has 4 nitrogen and oxygen atoms in total. The zero-order valence-corrected chi connectivity index (χ0v) is 11.0. The molecule has 5 heteroatoms. The van der Waals surface area contributed by atoms with E-state index in [1.807, 2.05) is 25.1 Å². The van der Waals surface area contributed by atoms with Crippen LogP contribution in [0.2, 0.25) is 5.02 Å². The fourth-order valence-electron chi connectivity index (χ4n) is 1.60. The molecule has 1 heterocycles. The van der Waals surface area contributed by atoms with E-state index < -0.39 is 5.97 Å². The first-order chi connectivity index (χ1) is 9.11. The molecular formula is C14H12ClNO3. The Labute approximate surface area is 115 Å². The third-order valence-corrected chi connectivity index (χ3v) is 2.97. The van der Waals surface area contributed by atoms with Crippen molar-refractivity contribution in [2.24, 2.45) is 0 Å². The van der Waals surface area contributed by atoms with Crippen LogP contribution in [-0.4, -0.2) is 16.1 Å². The minimum absolute atomic E-state index is 0.00287. The average Bonchev–Trinajstić information content (AvgIpc) is 2.41. The Hall–Kier alpha value is -2.07. The van der Waals surface area contributed by atoms with Crippen LogP contribution in [0.4, 0.5) is 0 Å². The van der Waals surface area contributed by atoms with Crippen LogP contribution in [0.15, 0.2) is 36.5 Å². The summed E-state index contributed by atoms with van der Waals surface area (Å²) in [6, 6.07) is 8.81. The van der Waals surface area contributed by atoms with Crippen molar-refractivity contribution >= 4 is 17.6 Å². The first-order valence-electron chi connectivity index (χ1n) is 5.76. The van der Waals surface area contributed by atoms with E-state index >= 15 is 0 Å². The summed E-state index contributed by atoms with van der Waals surface area (Å²) in [4.78, 5) is 14.9. The molecule has 0 saturated heterocycles. The Bertz CT molecular complexity index is 613. The first-order valence-corrected chi connectivity index (χ1v) is 6.14. The van der Waals surface area contributed by atoms with Crippen molar-refractivity contribution in [2.75, 3.05) is 0 Å². The van der Waals surface area contributed by atoms with Crippen molar-refractivity contribution in [1.29, 1.82) is 0 Å². The van der Waals surface area contributed by atoms with E-state index in [1.165, 1.54) is 12.3 Å². The zero-order valence-electron chi connectivity index (χ0n) is 10.3. The second-order valence-electron chi connectivity index (χ2n) is 3.89. The van der Waals surface area contributed by atoms with E-state index in [0.29, 0.717) is 5.75 Å². The standard InChI is InChI=1S/C14H12ClNO3/c1-2-9-4-3-5-10(8-9)19-13-12(15)11(14(17)18)6-7-16-13/h3-8H,2H2,1H3,(H,17,18). The number of hydrogen-bond donors (Lipinski definition) is 1. The molecular weight excluding hydrogens is 266 g/mol. The number of aromatic carboxylic acids is 1. The lowest BCUT2D eigenvalue weighted by Gasteiger charge is -2.08. The lowest BCUT2D eigenvalue weighted by atomic mass is 10.2. The topological polar surface area (TPSA) is 59.4 Å². The highest BCUT2D eigenvalue weighted by Crippen LogP contribution is 2.30. The Morgan fingerprint density at radius 1 is 1.42 bits per heavy atom. The van der Waals surface area contributed by atoms with Gasteiger partial charge in [-0.3, -0.25) is 0 Å². The van der Waals surface area contributed by atoms with E-state index in [2.05, 4.69) is 4.98 Å². The lowest BCUT2D eigenvalue weighted by Crippen LogP contribution is -2.00. The summed E-state index contributed by atoms with van der Waals surface area (Å²) in [5.74, 6) is -0.439. The highest BCUT2D eigenvalue weighted by atomic mass is 35.5. The largest absolute Gasteiger partial charge is 0.478 e. The van der Waals surface area contributed by atoms with Crippen LogP contribution in [0, 0.1) is 0 Å². The number of rotatable bonds is 4. The van der Waals surface area contributed by atoms with E-state index in [9.17, 15) is 4.79 Å². The summed E-state index contributed by atoms with van der Waals surface area (Å²) in [5.41, 5.74) is 1.08. The Kier molecular flexibility index (Phi) is 4.02. The molecule has 0 fully saturated rings. The third-order valence-electron chi connectivity index (χ3n) is 2.61. The number of halogens is 1. The van der Waals surface area contributed by atoms with Gasteiger partial charge in [0, 0.05) is 6.20 Å². The second-order valence-corrected chi connectivity index (χ2v) is 4.26. The molecule has 1 aromatic heterocycles. The summed E-state index contributed by atoms with van der Waals surface area (Å²) in [6.07, 6.45) is 2.24. The molecule has 2 aromatic rings. The quantitative estimate of drug-likeness (QED) is 0.924. The van der Waals surface area contributed by atoms with E-state index in [-0.39, 0.29) is 16.5 Å². The third kappa shape index (κ3) is 3.03. The van der Waals surface area contributed by atoms with Gasteiger partial charge in [0.15, 0.2) is 0 Å². The van der Waals surface area contributed by atoms with Gasteiger partial charge in [0.1, 0.15) is 10.8 Å². The van der Waals surface area contributed by atoms with Crippen LogP contribution < -0.4 is 4.74 Å². The Balaban J connectivity index is 2.33. The Morgan fingerprint density at radius 2 is 2.21 bits per heavy atom. The molecule has 2 rings (SSSR count). The molecule has 0 aliphatic rings. The van der Waals surface area contributed by atoms with Crippen LogP contribution in [-0.2, 0) is 6.42 Å². The van der Waals surface area contributed by atoms with Gasteiger partial charge in [0.05, 0.1) is 5.56 Å². The predicted octanol–water partition coefficient (Wildman–Crippen LogP) is 3.79. The second kappa shape index (κ2) is 5.71. The number of carbonyl (C=O) groups is 1. The molecule has 1 aromatic carbocycles. The molecule has 0 atom stereocenters.